The summed E-state index contributed by atoms with van der Waals surface area (Å²) in [6.45, 7) is 5.06. The quantitative estimate of drug-likeness (QED) is 0.482. The fourth-order valence-electron chi connectivity index (χ4n) is 5.99. The molecule has 0 nitrogen and oxygen atoms in total. The summed E-state index contributed by atoms with van der Waals surface area (Å²) in [4.78, 5) is 1.63. The number of rotatable bonds is 2. The highest BCUT2D eigenvalue weighted by molar-refractivity contribution is 8.00. The number of benzene rings is 1. The number of thioether (sulfide) groups is 1. The van der Waals surface area contributed by atoms with Crippen LogP contribution in [0.1, 0.15) is 76.3 Å². The lowest BCUT2D eigenvalue weighted by Gasteiger charge is -2.38. The van der Waals surface area contributed by atoms with E-state index in [0.717, 1.165) is 5.92 Å². The minimum absolute atomic E-state index is 0.303. The maximum absolute atomic E-state index is 2.59. The molecular formula is C26H32S. The molecule has 4 atom stereocenters. The zero-order chi connectivity index (χ0) is 18.5. The summed E-state index contributed by atoms with van der Waals surface area (Å²) >= 11 is 2.16. The third-order valence-corrected chi connectivity index (χ3v) is 9.39. The van der Waals surface area contributed by atoms with E-state index in [9.17, 15) is 0 Å². The van der Waals surface area contributed by atoms with Crippen LogP contribution >= 0.6 is 11.8 Å². The van der Waals surface area contributed by atoms with Crippen molar-refractivity contribution in [2.24, 2.45) is 5.92 Å². The first-order valence-corrected chi connectivity index (χ1v) is 11.8. The second kappa shape index (κ2) is 6.69. The van der Waals surface area contributed by atoms with Gasteiger partial charge in [0.15, 0.2) is 0 Å². The second-order valence-electron chi connectivity index (χ2n) is 9.64. The van der Waals surface area contributed by atoms with E-state index in [4.69, 9.17) is 0 Å². The van der Waals surface area contributed by atoms with Crippen LogP contribution in [-0.2, 0) is 10.8 Å². The second-order valence-corrected chi connectivity index (χ2v) is 10.8. The first-order chi connectivity index (χ1) is 13.1. The van der Waals surface area contributed by atoms with E-state index in [0.29, 0.717) is 16.1 Å². The fraction of sp³-hybridized carbons (Fsp3) is 0.538. The molecule has 0 spiro atoms. The predicted octanol–water partition coefficient (Wildman–Crippen LogP) is 7.49. The van der Waals surface area contributed by atoms with Crippen LogP contribution in [0.25, 0.3) is 0 Å². The topological polar surface area (TPSA) is 0 Å². The lowest BCUT2D eigenvalue weighted by molar-refractivity contribution is 0.372. The lowest BCUT2D eigenvalue weighted by Crippen LogP contribution is -2.31. The van der Waals surface area contributed by atoms with Gasteiger partial charge in [-0.1, -0.05) is 68.0 Å². The van der Waals surface area contributed by atoms with Crippen molar-refractivity contribution in [3.63, 3.8) is 0 Å². The minimum atomic E-state index is 0.303. The van der Waals surface area contributed by atoms with Gasteiger partial charge in [-0.05, 0) is 73.8 Å². The van der Waals surface area contributed by atoms with Gasteiger partial charge in [-0.3, -0.25) is 0 Å². The van der Waals surface area contributed by atoms with E-state index in [2.05, 4.69) is 74.2 Å². The molecule has 1 heteroatoms. The van der Waals surface area contributed by atoms with Gasteiger partial charge in [-0.2, -0.15) is 0 Å². The average Bonchev–Trinajstić information content (AvgIpc) is 3.01. The zero-order valence-corrected chi connectivity index (χ0v) is 17.7. The molecule has 142 valence electrons. The molecule has 1 heterocycles. The third-order valence-electron chi connectivity index (χ3n) is 7.78. The fourth-order valence-corrected chi connectivity index (χ4v) is 7.81. The van der Waals surface area contributed by atoms with Crippen molar-refractivity contribution >= 4 is 11.8 Å². The largest absolute Gasteiger partial charge is 0.117 e. The van der Waals surface area contributed by atoms with E-state index in [1.165, 1.54) is 51.4 Å². The van der Waals surface area contributed by atoms with Gasteiger partial charge >= 0.3 is 0 Å². The molecule has 0 radical (unpaired) electrons. The number of fused-ring (bicyclic) bond motifs is 3. The molecule has 0 fully saturated rings. The Labute approximate surface area is 169 Å². The van der Waals surface area contributed by atoms with Crippen molar-refractivity contribution in [3.05, 3.63) is 65.3 Å². The Bertz CT molecular complexity index is 829. The van der Waals surface area contributed by atoms with Crippen molar-refractivity contribution in [3.8, 4) is 0 Å². The van der Waals surface area contributed by atoms with Gasteiger partial charge in [0.25, 0.3) is 0 Å². The average molecular weight is 377 g/mol. The summed E-state index contributed by atoms with van der Waals surface area (Å²) in [7, 11) is 0. The Morgan fingerprint density at radius 3 is 2.70 bits per heavy atom. The molecule has 1 aromatic rings. The Morgan fingerprint density at radius 1 is 0.963 bits per heavy atom. The summed E-state index contributed by atoms with van der Waals surface area (Å²) < 4.78 is 0. The van der Waals surface area contributed by atoms with E-state index in [-0.39, 0.29) is 0 Å². The molecule has 0 bridgehead atoms. The SMILES string of the molecule is CC1(c2cccc3c2SC2C=CCCC32C)CCC=C(C2CC=CCC2)C1. The highest BCUT2D eigenvalue weighted by Gasteiger charge is 2.46. The van der Waals surface area contributed by atoms with E-state index < -0.39 is 0 Å². The molecule has 3 aliphatic carbocycles. The van der Waals surface area contributed by atoms with E-state index in [1.807, 2.05) is 0 Å². The summed E-state index contributed by atoms with van der Waals surface area (Å²) in [5, 5.41) is 0.632. The van der Waals surface area contributed by atoms with Crippen molar-refractivity contribution in [2.45, 2.75) is 86.2 Å². The standard InChI is InChI=1S/C26H32S/c1-25(16-9-12-20(18-25)19-10-4-3-5-11-19)21-13-8-14-22-24(21)27-23-15-6-7-17-26(22,23)2/h3-4,6,8,12-15,19,23H,5,7,9-11,16-18H2,1-2H3. The van der Waals surface area contributed by atoms with Crippen LogP contribution in [-0.4, -0.2) is 5.25 Å². The molecule has 4 unspecified atom stereocenters. The molecule has 5 rings (SSSR count). The lowest BCUT2D eigenvalue weighted by atomic mass is 9.66. The molecule has 0 saturated heterocycles. The van der Waals surface area contributed by atoms with Gasteiger partial charge in [0, 0.05) is 15.6 Å². The number of allylic oxidation sites excluding steroid dienone is 5. The van der Waals surface area contributed by atoms with Crippen LogP contribution in [0.2, 0.25) is 0 Å². The molecule has 0 amide bonds. The molecule has 0 N–H and O–H groups in total. The third kappa shape index (κ3) is 2.89. The first-order valence-electron chi connectivity index (χ1n) is 10.9. The van der Waals surface area contributed by atoms with Gasteiger partial charge in [-0.15, -0.1) is 11.8 Å². The number of hydrogen-bond acceptors (Lipinski definition) is 1. The number of hydrogen-bond donors (Lipinski definition) is 0. The van der Waals surface area contributed by atoms with Crippen molar-refractivity contribution in [1.82, 2.24) is 0 Å². The van der Waals surface area contributed by atoms with E-state index in [1.54, 1.807) is 21.6 Å². The predicted molar refractivity (Wildman–Crippen MR) is 118 cm³/mol. The molecule has 0 saturated carbocycles. The summed E-state index contributed by atoms with van der Waals surface area (Å²) in [6, 6.07) is 7.24. The van der Waals surface area contributed by atoms with Crippen molar-refractivity contribution in [1.29, 1.82) is 0 Å². The van der Waals surface area contributed by atoms with Gasteiger partial charge in [0.1, 0.15) is 0 Å². The first kappa shape index (κ1) is 17.9. The Balaban J connectivity index is 1.50. The monoisotopic (exact) mass is 376 g/mol. The zero-order valence-electron chi connectivity index (χ0n) is 16.8. The van der Waals surface area contributed by atoms with Crippen molar-refractivity contribution in [2.75, 3.05) is 0 Å². The Kier molecular flexibility index (Phi) is 4.43. The molecule has 4 aliphatic rings. The highest BCUT2D eigenvalue weighted by Crippen LogP contribution is 2.57. The molecule has 0 aromatic heterocycles. The Hall–Kier alpha value is -1.21. The summed E-state index contributed by atoms with van der Waals surface area (Å²) in [5.41, 5.74) is 5.67. The normalized spacial score (nSPS) is 37.6. The molecule has 1 aromatic carbocycles. The van der Waals surface area contributed by atoms with Crippen LogP contribution < -0.4 is 0 Å². The van der Waals surface area contributed by atoms with Crippen LogP contribution in [0.15, 0.2) is 59.0 Å². The van der Waals surface area contributed by atoms with Gasteiger partial charge in [0.2, 0.25) is 0 Å². The van der Waals surface area contributed by atoms with Crippen LogP contribution in [0.5, 0.6) is 0 Å². The molecule has 1 aliphatic heterocycles. The van der Waals surface area contributed by atoms with Gasteiger partial charge < -0.3 is 0 Å². The van der Waals surface area contributed by atoms with Crippen molar-refractivity contribution < 1.29 is 0 Å². The highest BCUT2D eigenvalue weighted by atomic mass is 32.2. The maximum Gasteiger partial charge on any atom is 0.0369 e. The summed E-state index contributed by atoms with van der Waals surface area (Å²) in [5.74, 6) is 0.794. The smallest absolute Gasteiger partial charge is 0.0369 e. The van der Waals surface area contributed by atoms with Crippen LogP contribution in [0.3, 0.4) is 0 Å². The Morgan fingerprint density at radius 2 is 1.85 bits per heavy atom. The van der Waals surface area contributed by atoms with Gasteiger partial charge in [0.05, 0.1) is 0 Å². The van der Waals surface area contributed by atoms with E-state index >= 15 is 0 Å². The maximum atomic E-state index is 2.59. The molecular weight excluding hydrogens is 344 g/mol. The molecule has 27 heavy (non-hydrogen) atoms. The minimum Gasteiger partial charge on any atom is -0.117 e. The van der Waals surface area contributed by atoms with Crippen LogP contribution in [0.4, 0.5) is 0 Å². The summed E-state index contributed by atoms with van der Waals surface area (Å²) in [6.07, 6.45) is 22.5. The van der Waals surface area contributed by atoms with Gasteiger partial charge in [-0.25, -0.2) is 0 Å². The van der Waals surface area contributed by atoms with Crippen LogP contribution in [0, 0.1) is 5.92 Å².